The summed E-state index contributed by atoms with van der Waals surface area (Å²) in [5.41, 5.74) is 11.3. The molecule has 2 heteroatoms. The van der Waals surface area contributed by atoms with Crippen LogP contribution in [-0.4, -0.2) is 12.6 Å². The van der Waals surface area contributed by atoms with E-state index in [1.807, 2.05) is 0 Å². The van der Waals surface area contributed by atoms with Crippen LogP contribution in [0.1, 0.15) is 70.6 Å². The lowest BCUT2D eigenvalue weighted by molar-refractivity contribution is 0.308. The van der Waals surface area contributed by atoms with E-state index in [0.29, 0.717) is 6.54 Å². The van der Waals surface area contributed by atoms with Gasteiger partial charge in [0.15, 0.2) is 0 Å². The van der Waals surface area contributed by atoms with Crippen LogP contribution in [0, 0.1) is 5.92 Å². The molecule has 1 atom stereocenters. The molecule has 0 aromatic carbocycles. The van der Waals surface area contributed by atoms with Crippen LogP contribution in [0.5, 0.6) is 0 Å². The molecule has 0 amide bonds. The van der Waals surface area contributed by atoms with Gasteiger partial charge in [-0.05, 0) is 18.8 Å². The number of rotatable bonds is 2. The minimum absolute atomic E-state index is 0.264. The normalized spacial score (nSPS) is 24.4. The van der Waals surface area contributed by atoms with Gasteiger partial charge in [-0.1, -0.05) is 57.8 Å². The average Bonchev–Trinajstić information content (AvgIpc) is 2.41. The monoisotopic (exact) mass is 226 g/mol. The molecule has 0 aromatic rings. The fourth-order valence-electron chi connectivity index (χ4n) is 2.82. The van der Waals surface area contributed by atoms with Crippen molar-refractivity contribution in [3.8, 4) is 0 Å². The highest BCUT2D eigenvalue weighted by atomic mass is 14.7. The first-order valence-electron chi connectivity index (χ1n) is 7.30. The highest BCUT2D eigenvalue weighted by Gasteiger charge is 2.18. The van der Waals surface area contributed by atoms with E-state index in [2.05, 4.69) is 0 Å². The zero-order valence-electron chi connectivity index (χ0n) is 10.8. The van der Waals surface area contributed by atoms with Gasteiger partial charge in [-0.3, -0.25) is 0 Å². The Kier molecular flexibility index (Phi) is 7.87. The molecule has 0 radical (unpaired) electrons. The lowest BCUT2D eigenvalue weighted by Gasteiger charge is -2.26. The van der Waals surface area contributed by atoms with E-state index in [1.165, 1.54) is 70.6 Å². The average molecular weight is 226 g/mol. The van der Waals surface area contributed by atoms with Crippen molar-refractivity contribution >= 4 is 0 Å². The summed E-state index contributed by atoms with van der Waals surface area (Å²) in [6.07, 6.45) is 15.7. The molecule has 2 aliphatic rings. The van der Waals surface area contributed by atoms with Gasteiger partial charge in [0.1, 0.15) is 0 Å². The van der Waals surface area contributed by atoms with Crippen molar-refractivity contribution in [2.24, 2.45) is 17.4 Å². The van der Waals surface area contributed by atoms with Crippen LogP contribution in [0.15, 0.2) is 0 Å². The Bertz CT molecular complexity index is 137. The third-order valence-corrected chi connectivity index (χ3v) is 4.03. The maximum Gasteiger partial charge on any atom is 0.0191 e. The van der Waals surface area contributed by atoms with Gasteiger partial charge in [-0.15, -0.1) is 0 Å². The Morgan fingerprint density at radius 3 is 1.50 bits per heavy atom. The molecule has 2 fully saturated rings. The smallest absolute Gasteiger partial charge is 0.0191 e. The maximum atomic E-state index is 5.82. The van der Waals surface area contributed by atoms with Crippen LogP contribution in [0.3, 0.4) is 0 Å². The van der Waals surface area contributed by atoms with E-state index < -0.39 is 0 Å². The van der Waals surface area contributed by atoms with Crippen molar-refractivity contribution in [3.05, 3.63) is 0 Å². The highest BCUT2D eigenvalue weighted by Crippen LogP contribution is 2.24. The van der Waals surface area contributed by atoms with Crippen molar-refractivity contribution < 1.29 is 0 Å². The summed E-state index contributed by atoms with van der Waals surface area (Å²) >= 11 is 0. The summed E-state index contributed by atoms with van der Waals surface area (Å²) < 4.78 is 0. The Labute approximate surface area is 101 Å². The van der Waals surface area contributed by atoms with Gasteiger partial charge >= 0.3 is 0 Å². The Morgan fingerprint density at radius 1 is 0.750 bits per heavy atom. The predicted octanol–water partition coefficient (Wildman–Crippen LogP) is 3.19. The minimum atomic E-state index is 0.264. The third kappa shape index (κ3) is 5.86. The van der Waals surface area contributed by atoms with E-state index in [1.54, 1.807) is 0 Å². The van der Waals surface area contributed by atoms with Crippen LogP contribution >= 0.6 is 0 Å². The highest BCUT2D eigenvalue weighted by molar-refractivity contribution is 4.76. The number of hydrogen-bond acceptors (Lipinski definition) is 2. The SMILES string of the molecule is C1CCCCC1.NCC(N)C1CCCCC1. The van der Waals surface area contributed by atoms with Gasteiger partial charge in [0.2, 0.25) is 0 Å². The minimum Gasteiger partial charge on any atom is -0.329 e. The summed E-state index contributed by atoms with van der Waals surface area (Å²) in [6.45, 7) is 0.657. The molecule has 2 rings (SSSR count). The largest absolute Gasteiger partial charge is 0.329 e. The molecule has 2 nitrogen and oxygen atoms in total. The quantitative estimate of drug-likeness (QED) is 0.759. The topological polar surface area (TPSA) is 52.0 Å². The van der Waals surface area contributed by atoms with Crippen LogP contribution in [0.2, 0.25) is 0 Å². The first-order valence-corrected chi connectivity index (χ1v) is 7.30. The van der Waals surface area contributed by atoms with Crippen molar-refractivity contribution in [1.82, 2.24) is 0 Å². The number of hydrogen-bond donors (Lipinski definition) is 2. The molecule has 0 bridgehead atoms. The fourth-order valence-corrected chi connectivity index (χ4v) is 2.82. The fraction of sp³-hybridized carbons (Fsp3) is 1.00. The molecule has 0 aromatic heterocycles. The summed E-state index contributed by atoms with van der Waals surface area (Å²) in [4.78, 5) is 0. The Balaban J connectivity index is 0.000000181. The zero-order chi connectivity index (χ0) is 11.6. The predicted molar refractivity (Wildman–Crippen MR) is 71.3 cm³/mol. The van der Waals surface area contributed by atoms with Gasteiger partial charge in [0.05, 0.1) is 0 Å². The van der Waals surface area contributed by atoms with Crippen molar-refractivity contribution in [2.45, 2.75) is 76.7 Å². The first kappa shape index (κ1) is 14.0. The van der Waals surface area contributed by atoms with E-state index in [9.17, 15) is 0 Å². The summed E-state index contributed by atoms with van der Waals surface area (Å²) in [7, 11) is 0. The molecular formula is C14H30N2. The van der Waals surface area contributed by atoms with Crippen molar-refractivity contribution in [2.75, 3.05) is 6.54 Å². The summed E-state index contributed by atoms with van der Waals surface area (Å²) in [5.74, 6) is 0.721. The lowest BCUT2D eigenvalue weighted by atomic mass is 9.84. The maximum absolute atomic E-state index is 5.82. The molecule has 0 spiro atoms. The van der Waals surface area contributed by atoms with Crippen LogP contribution in [-0.2, 0) is 0 Å². The Morgan fingerprint density at radius 2 is 1.12 bits per heavy atom. The van der Waals surface area contributed by atoms with Gasteiger partial charge < -0.3 is 11.5 Å². The molecular weight excluding hydrogens is 196 g/mol. The van der Waals surface area contributed by atoms with Crippen LogP contribution in [0.25, 0.3) is 0 Å². The second kappa shape index (κ2) is 9.00. The van der Waals surface area contributed by atoms with Gasteiger partial charge in [-0.25, -0.2) is 0 Å². The lowest BCUT2D eigenvalue weighted by Crippen LogP contribution is -2.38. The second-order valence-electron chi connectivity index (χ2n) is 5.42. The molecule has 16 heavy (non-hydrogen) atoms. The molecule has 96 valence electrons. The molecule has 2 saturated carbocycles. The second-order valence-corrected chi connectivity index (χ2v) is 5.42. The Hall–Kier alpha value is -0.0800. The first-order chi connectivity index (χ1) is 7.84. The van der Waals surface area contributed by atoms with E-state index in [4.69, 9.17) is 11.5 Å². The van der Waals surface area contributed by atoms with Gasteiger partial charge in [0.25, 0.3) is 0 Å². The van der Waals surface area contributed by atoms with Crippen molar-refractivity contribution in [3.63, 3.8) is 0 Å². The van der Waals surface area contributed by atoms with Crippen molar-refractivity contribution in [1.29, 1.82) is 0 Å². The third-order valence-electron chi connectivity index (χ3n) is 4.03. The van der Waals surface area contributed by atoms with Crippen LogP contribution < -0.4 is 11.5 Å². The molecule has 0 saturated heterocycles. The summed E-state index contributed by atoms with van der Waals surface area (Å²) in [6, 6.07) is 0.264. The molecule has 4 N–H and O–H groups in total. The standard InChI is InChI=1S/C8H18N2.C6H12/c9-6-8(10)7-4-2-1-3-5-7;1-2-4-6-5-3-1/h7-8H,1-6,9-10H2;1-6H2. The van der Waals surface area contributed by atoms with Crippen LogP contribution in [0.4, 0.5) is 0 Å². The molecule has 0 heterocycles. The molecule has 2 aliphatic carbocycles. The van der Waals surface area contributed by atoms with Gasteiger partial charge in [0, 0.05) is 12.6 Å². The molecule has 1 unspecified atom stereocenters. The van der Waals surface area contributed by atoms with E-state index >= 15 is 0 Å². The van der Waals surface area contributed by atoms with E-state index in [0.717, 1.165) is 5.92 Å². The van der Waals surface area contributed by atoms with E-state index in [-0.39, 0.29) is 6.04 Å². The van der Waals surface area contributed by atoms with Gasteiger partial charge in [-0.2, -0.15) is 0 Å². The summed E-state index contributed by atoms with van der Waals surface area (Å²) in [5, 5.41) is 0. The zero-order valence-corrected chi connectivity index (χ0v) is 10.8. The molecule has 0 aliphatic heterocycles. The number of nitrogens with two attached hydrogens (primary N) is 2.